The van der Waals surface area contributed by atoms with Gasteiger partial charge in [-0.3, -0.25) is 14.9 Å². The van der Waals surface area contributed by atoms with E-state index in [1.54, 1.807) is 0 Å². The van der Waals surface area contributed by atoms with Crippen molar-refractivity contribution >= 4 is 17.7 Å². The first-order valence-corrected chi connectivity index (χ1v) is 8.08. The summed E-state index contributed by atoms with van der Waals surface area (Å²) in [6, 6.07) is 7.60. The van der Waals surface area contributed by atoms with E-state index < -0.39 is 10.8 Å². The largest absolute Gasteiger partial charge is 0.346 e. The highest BCUT2D eigenvalue weighted by molar-refractivity contribution is 6.01. The smallest absolute Gasteiger partial charge is 0.269 e. The molecule has 2 N–H and O–H groups in total. The molecule has 2 rings (SSSR count). The number of nitro groups is 1. The molecule has 1 aliphatic heterocycles. The number of likely N-dealkylation sites (tertiary alicyclic amines) is 1. The minimum Gasteiger partial charge on any atom is -0.346 e. The average molecular weight is 329 g/mol. The number of quaternary nitrogens is 1. The standard InChI is InChI=1S/C17H20N4O3/c18-13-15(12-14-4-6-16(7-5-14)21(23)24)17(22)19-8-11-20-9-2-1-3-10-20/h4-7,12H,1-3,8-11H2,(H,19,22)/p+1/b15-12-. The summed E-state index contributed by atoms with van der Waals surface area (Å²) in [5, 5.41) is 22.5. The number of nitrogens with one attached hydrogen (secondary N) is 2. The highest BCUT2D eigenvalue weighted by Crippen LogP contribution is 2.14. The van der Waals surface area contributed by atoms with Crippen LogP contribution in [0.25, 0.3) is 6.08 Å². The van der Waals surface area contributed by atoms with Gasteiger partial charge in [-0.2, -0.15) is 5.26 Å². The summed E-state index contributed by atoms with van der Waals surface area (Å²) in [5.74, 6) is -0.410. The second-order valence-corrected chi connectivity index (χ2v) is 5.84. The Labute approximate surface area is 140 Å². The molecule has 0 saturated carbocycles. The second kappa shape index (κ2) is 8.79. The molecule has 1 heterocycles. The maximum Gasteiger partial charge on any atom is 0.269 e. The third kappa shape index (κ3) is 5.18. The first kappa shape index (κ1) is 17.6. The van der Waals surface area contributed by atoms with Gasteiger partial charge in [-0.25, -0.2) is 0 Å². The van der Waals surface area contributed by atoms with Crippen LogP contribution in [0, 0.1) is 21.4 Å². The van der Waals surface area contributed by atoms with E-state index in [9.17, 15) is 14.9 Å². The summed E-state index contributed by atoms with van der Waals surface area (Å²) in [5.41, 5.74) is 0.547. The fraction of sp³-hybridized carbons (Fsp3) is 0.412. The molecule has 1 aliphatic rings. The van der Waals surface area contributed by atoms with E-state index in [4.69, 9.17) is 5.26 Å². The van der Waals surface area contributed by atoms with E-state index in [-0.39, 0.29) is 11.3 Å². The Kier molecular flexibility index (Phi) is 6.46. The van der Waals surface area contributed by atoms with E-state index in [1.807, 2.05) is 6.07 Å². The van der Waals surface area contributed by atoms with Gasteiger partial charge in [0.15, 0.2) is 0 Å². The first-order valence-electron chi connectivity index (χ1n) is 8.08. The number of piperidine rings is 1. The molecule has 7 nitrogen and oxygen atoms in total. The topological polar surface area (TPSA) is 100 Å². The van der Waals surface area contributed by atoms with Gasteiger partial charge in [0.2, 0.25) is 0 Å². The van der Waals surface area contributed by atoms with Crippen LogP contribution in [0.5, 0.6) is 0 Å². The van der Waals surface area contributed by atoms with Gasteiger partial charge in [-0.15, -0.1) is 0 Å². The number of carbonyl (C=O) groups excluding carboxylic acids is 1. The van der Waals surface area contributed by atoms with Crippen molar-refractivity contribution in [3.8, 4) is 6.07 Å². The molecule has 1 amide bonds. The van der Waals surface area contributed by atoms with Gasteiger partial charge in [0, 0.05) is 12.1 Å². The molecule has 1 fully saturated rings. The van der Waals surface area contributed by atoms with Crippen molar-refractivity contribution < 1.29 is 14.6 Å². The van der Waals surface area contributed by atoms with Crippen molar-refractivity contribution in [1.29, 1.82) is 5.26 Å². The number of nitriles is 1. The van der Waals surface area contributed by atoms with E-state index >= 15 is 0 Å². The Balaban J connectivity index is 1.90. The zero-order valence-electron chi connectivity index (χ0n) is 13.5. The van der Waals surface area contributed by atoms with Gasteiger partial charge in [-0.05, 0) is 43.0 Å². The molecule has 126 valence electrons. The van der Waals surface area contributed by atoms with Crippen LogP contribution in [0.2, 0.25) is 0 Å². The fourth-order valence-electron chi connectivity index (χ4n) is 2.76. The summed E-state index contributed by atoms with van der Waals surface area (Å²) >= 11 is 0. The third-order valence-electron chi connectivity index (χ3n) is 4.10. The molecular formula is C17H21N4O3+. The lowest BCUT2D eigenvalue weighted by molar-refractivity contribution is -0.903. The Bertz CT molecular complexity index is 655. The lowest BCUT2D eigenvalue weighted by Gasteiger charge is -2.23. The first-order chi connectivity index (χ1) is 11.6. The summed E-state index contributed by atoms with van der Waals surface area (Å²) < 4.78 is 0. The predicted octanol–water partition coefficient (Wildman–Crippen LogP) is 0.687. The van der Waals surface area contributed by atoms with E-state index in [0.29, 0.717) is 12.1 Å². The number of carbonyl (C=O) groups is 1. The van der Waals surface area contributed by atoms with Gasteiger partial charge >= 0.3 is 0 Å². The monoisotopic (exact) mass is 329 g/mol. The number of nitro benzene ring substituents is 1. The predicted molar refractivity (Wildman–Crippen MR) is 89.1 cm³/mol. The minimum atomic E-state index is -0.492. The zero-order valence-corrected chi connectivity index (χ0v) is 13.5. The second-order valence-electron chi connectivity index (χ2n) is 5.84. The van der Waals surface area contributed by atoms with Gasteiger partial charge < -0.3 is 10.2 Å². The van der Waals surface area contributed by atoms with Crippen LogP contribution >= 0.6 is 0 Å². The Morgan fingerprint density at radius 2 is 1.96 bits per heavy atom. The molecule has 24 heavy (non-hydrogen) atoms. The van der Waals surface area contributed by atoms with E-state index in [0.717, 1.165) is 19.6 Å². The summed E-state index contributed by atoms with van der Waals surface area (Å²) in [7, 11) is 0. The van der Waals surface area contributed by atoms with Crippen molar-refractivity contribution in [3.05, 3.63) is 45.5 Å². The van der Waals surface area contributed by atoms with Gasteiger partial charge in [0.1, 0.15) is 11.6 Å². The molecule has 0 radical (unpaired) electrons. The number of hydrogen-bond acceptors (Lipinski definition) is 4. The molecule has 0 bridgehead atoms. The molecule has 1 aromatic rings. The maximum absolute atomic E-state index is 12.1. The molecule has 0 spiro atoms. The zero-order chi connectivity index (χ0) is 17.4. The van der Waals surface area contributed by atoms with Crippen LogP contribution in [-0.2, 0) is 4.79 Å². The SMILES string of the molecule is N#C/C(=C/c1ccc([N+](=O)[O-])cc1)C(=O)NCC[NH+]1CCCCC1. The Morgan fingerprint density at radius 3 is 2.54 bits per heavy atom. The minimum absolute atomic E-state index is 0.00232. The molecular weight excluding hydrogens is 308 g/mol. The number of hydrogen-bond donors (Lipinski definition) is 2. The lowest BCUT2D eigenvalue weighted by Crippen LogP contribution is -3.13. The molecule has 0 aliphatic carbocycles. The van der Waals surface area contributed by atoms with Crippen LogP contribution in [0.1, 0.15) is 24.8 Å². The summed E-state index contributed by atoms with van der Waals surface area (Å²) in [4.78, 5) is 23.7. The van der Waals surface area contributed by atoms with Gasteiger partial charge in [-0.1, -0.05) is 0 Å². The van der Waals surface area contributed by atoms with E-state index in [1.165, 1.54) is 54.5 Å². The molecule has 0 atom stereocenters. The summed E-state index contributed by atoms with van der Waals surface area (Å²) in [6.45, 7) is 3.68. The molecule has 7 heteroatoms. The molecule has 0 unspecified atom stereocenters. The quantitative estimate of drug-likeness (QED) is 0.347. The third-order valence-corrected chi connectivity index (χ3v) is 4.10. The van der Waals surface area contributed by atoms with Crippen molar-refractivity contribution in [2.24, 2.45) is 0 Å². The Hall–Kier alpha value is -2.72. The van der Waals surface area contributed by atoms with Gasteiger partial charge in [0.25, 0.3) is 11.6 Å². The van der Waals surface area contributed by atoms with Crippen LogP contribution in [0.3, 0.4) is 0 Å². The van der Waals surface area contributed by atoms with Crippen molar-refractivity contribution in [2.75, 3.05) is 26.2 Å². The number of amides is 1. The number of nitrogens with zero attached hydrogens (tertiary/aromatic N) is 2. The fourth-order valence-corrected chi connectivity index (χ4v) is 2.76. The van der Waals surface area contributed by atoms with Gasteiger partial charge in [0.05, 0.1) is 31.1 Å². The van der Waals surface area contributed by atoms with Crippen LogP contribution in [-0.4, -0.2) is 37.0 Å². The Morgan fingerprint density at radius 1 is 1.29 bits per heavy atom. The van der Waals surface area contributed by atoms with Crippen LogP contribution in [0.4, 0.5) is 5.69 Å². The molecule has 0 aromatic heterocycles. The normalized spacial score (nSPS) is 15.5. The highest BCUT2D eigenvalue weighted by Gasteiger charge is 2.14. The maximum atomic E-state index is 12.1. The van der Waals surface area contributed by atoms with Crippen molar-refractivity contribution in [3.63, 3.8) is 0 Å². The van der Waals surface area contributed by atoms with Crippen molar-refractivity contribution in [1.82, 2.24) is 5.32 Å². The lowest BCUT2D eigenvalue weighted by atomic mass is 10.1. The number of benzene rings is 1. The molecule has 1 aromatic carbocycles. The van der Waals surface area contributed by atoms with E-state index in [2.05, 4.69) is 5.32 Å². The highest BCUT2D eigenvalue weighted by atomic mass is 16.6. The molecule has 1 saturated heterocycles. The number of rotatable bonds is 6. The van der Waals surface area contributed by atoms with Crippen molar-refractivity contribution in [2.45, 2.75) is 19.3 Å². The van der Waals surface area contributed by atoms with Crippen LogP contribution in [0.15, 0.2) is 29.8 Å². The van der Waals surface area contributed by atoms with Crippen LogP contribution < -0.4 is 10.2 Å². The summed E-state index contributed by atoms with van der Waals surface area (Å²) in [6.07, 6.45) is 5.18. The average Bonchev–Trinajstić information content (AvgIpc) is 2.60. The number of non-ortho nitro benzene ring substituents is 1.